The molecule has 1 saturated heterocycles. The molecule has 0 unspecified atom stereocenters. The largest absolute Gasteiger partial charge is 0.330 e. The van der Waals surface area contributed by atoms with Crippen molar-refractivity contribution in [2.45, 2.75) is 10.8 Å². The molecule has 0 radical (unpaired) electrons. The lowest BCUT2D eigenvalue weighted by molar-refractivity contribution is 0.458. The lowest BCUT2D eigenvalue weighted by Gasteiger charge is -2.16. The summed E-state index contributed by atoms with van der Waals surface area (Å²) in [6.45, 7) is 1.38. The average molecular weight is 317 g/mol. The van der Waals surface area contributed by atoms with Gasteiger partial charge in [-0.15, -0.1) is 0 Å². The molecule has 2 atom stereocenters. The molecule has 0 saturated carbocycles. The molecular formula is C16H19N3O2S. The Hall–Kier alpha value is -1.76. The molecule has 0 amide bonds. The van der Waals surface area contributed by atoms with E-state index in [0.29, 0.717) is 19.6 Å². The molecule has 116 valence electrons. The Labute approximate surface area is 130 Å². The molecule has 2 aromatic rings. The Morgan fingerprint density at radius 1 is 1.14 bits per heavy atom. The van der Waals surface area contributed by atoms with Gasteiger partial charge in [0.15, 0.2) is 0 Å². The van der Waals surface area contributed by atoms with Crippen LogP contribution < -0.4 is 5.73 Å². The highest BCUT2D eigenvalue weighted by Gasteiger charge is 2.39. The third-order valence-corrected chi connectivity index (χ3v) is 6.03. The molecule has 0 bridgehead atoms. The van der Waals surface area contributed by atoms with E-state index in [2.05, 4.69) is 4.98 Å². The van der Waals surface area contributed by atoms with Gasteiger partial charge in [-0.25, -0.2) is 8.42 Å². The molecule has 1 fully saturated rings. The first-order valence-electron chi connectivity index (χ1n) is 7.28. The van der Waals surface area contributed by atoms with Crippen LogP contribution in [0.25, 0.3) is 0 Å². The first-order chi connectivity index (χ1) is 10.6. The zero-order chi connectivity index (χ0) is 15.6. The van der Waals surface area contributed by atoms with Gasteiger partial charge < -0.3 is 5.73 Å². The predicted molar refractivity (Wildman–Crippen MR) is 84.7 cm³/mol. The summed E-state index contributed by atoms with van der Waals surface area (Å²) in [5.41, 5.74) is 7.01. The lowest BCUT2D eigenvalue weighted by Crippen LogP contribution is -2.30. The zero-order valence-corrected chi connectivity index (χ0v) is 13.0. The van der Waals surface area contributed by atoms with Crippen molar-refractivity contribution in [3.63, 3.8) is 0 Å². The monoisotopic (exact) mass is 317 g/mol. The molecule has 5 nitrogen and oxygen atoms in total. The highest BCUT2D eigenvalue weighted by Crippen LogP contribution is 2.34. The standard InChI is InChI=1S/C16H19N3O2S/c17-9-14-11-19(12-16(14)13-5-2-1-3-6-13)22(20,21)15-7-4-8-18-10-15/h1-8,10,14,16H,9,11-12,17H2/t14-,16+/m1/s1. The molecule has 2 N–H and O–H groups in total. The number of rotatable bonds is 4. The van der Waals surface area contributed by atoms with Gasteiger partial charge in [0, 0.05) is 31.4 Å². The van der Waals surface area contributed by atoms with Gasteiger partial charge in [0.2, 0.25) is 10.0 Å². The SMILES string of the molecule is NC[C@@H]1CN(S(=O)(=O)c2cccnc2)C[C@H]1c1ccccc1. The van der Waals surface area contributed by atoms with Crippen molar-refractivity contribution in [1.29, 1.82) is 0 Å². The van der Waals surface area contributed by atoms with E-state index >= 15 is 0 Å². The van der Waals surface area contributed by atoms with E-state index in [1.165, 1.54) is 10.5 Å². The van der Waals surface area contributed by atoms with E-state index in [-0.39, 0.29) is 16.7 Å². The molecule has 22 heavy (non-hydrogen) atoms. The Kier molecular flexibility index (Phi) is 4.24. The summed E-state index contributed by atoms with van der Waals surface area (Å²) in [6.07, 6.45) is 2.96. The summed E-state index contributed by atoms with van der Waals surface area (Å²) in [4.78, 5) is 4.14. The van der Waals surface area contributed by atoms with Crippen molar-refractivity contribution in [2.75, 3.05) is 19.6 Å². The highest BCUT2D eigenvalue weighted by molar-refractivity contribution is 7.89. The molecule has 1 aromatic heterocycles. The second-order valence-electron chi connectivity index (χ2n) is 5.52. The van der Waals surface area contributed by atoms with Gasteiger partial charge in [0.25, 0.3) is 0 Å². The first-order valence-corrected chi connectivity index (χ1v) is 8.72. The van der Waals surface area contributed by atoms with Crippen molar-refractivity contribution >= 4 is 10.0 Å². The number of nitrogens with zero attached hydrogens (tertiary/aromatic N) is 2. The van der Waals surface area contributed by atoms with E-state index < -0.39 is 10.0 Å². The molecule has 6 heteroatoms. The number of pyridine rings is 1. The molecule has 1 aliphatic heterocycles. The van der Waals surface area contributed by atoms with E-state index in [1.54, 1.807) is 18.3 Å². The van der Waals surface area contributed by atoms with Crippen molar-refractivity contribution in [3.05, 3.63) is 60.4 Å². The fourth-order valence-electron chi connectivity index (χ4n) is 2.99. The smallest absolute Gasteiger partial charge is 0.244 e. The molecule has 0 aliphatic carbocycles. The second-order valence-corrected chi connectivity index (χ2v) is 7.46. The summed E-state index contributed by atoms with van der Waals surface area (Å²) in [5, 5.41) is 0. The highest BCUT2D eigenvalue weighted by atomic mass is 32.2. The number of hydrogen-bond acceptors (Lipinski definition) is 4. The molecule has 0 spiro atoms. The van der Waals surface area contributed by atoms with Crippen molar-refractivity contribution in [2.24, 2.45) is 11.7 Å². The molecule has 1 aliphatic rings. The van der Waals surface area contributed by atoms with Gasteiger partial charge in [-0.05, 0) is 30.2 Å². The summed E-state index contributed by atoms with van der Waals surface area (Å²) >= 11 is 0. The molecule has 1 aromatic carbocycles. The van der Waals surface area contributed by atoms with Crippen LogP contribution in [0.4, 0.5) is 0 Å². The fraction of sp³-hybridized carbons (Fsp3) is 0.312. The van der Waals surface area contributed by atoms with Crippen LogP contribution in [0.15, 0.2) is 59.8 Å². The molecule has 3 rings (SSSR count). The minimum atomic E-state index is -3.51. The topological polar surface area (TPSA) is 76.3 Å². The van der Waals surface area contributed by atoms with Crippen LogP contribution >= 0.6 is 0 Å². The Morgan fingerprint density at radius 2 is 1.91 bits per heavy atom. The fourth-order valence-corrected chi connectivity index (χ4v) is 4.48. The van der Waals surface area contributed by atoms with Gasteiger partial charge in [-0.3, -0.25) is 4.98 Å². The van der Waals surface area contributed by atoms with Crippen LogP contribution in [0.5, 0.6) is 0 Å². The van der Waals surface area contributed by atoms with Gasteiger partial charge in [-0.1, -0.05) is 30.3 Å². The van der Waals surface area contributed by atoms with Crippen molar-refractivity contribution < 1.29 is 8.42 Å². The number of sulfonamides is 1. The number of hydrogen-bond donors (Lipinski definition) is 1. The Morgan fingerprint density at radius 3 is 2.55 bits per heavy atom. The minimum Gasteiger partial charge on any atom is -0.330 e. The summed E-state index contributed by atoms with van der Waals surface area (Å²) in [6, 6.07) is 13.2. The maximum atomic E-state index is 12.7. The van der Waals surface area contributed by atoms with Crippen molar-refractivity contribution in [1.82, 2.24) is 9.29 Å². The van der Waals surface area contributed by atoms with E-state index in [1.807, 2.05) is 30.3 Å². The Balaban J connectivity index is 1.89. The maximum absolute atomic E-state index is 12.7. The maximum Gasteiger partial charge on any atom is 0.244 e. The van der Waals surface area contributed by atoms with Crippen LogP contribution in [0.3, 0.4) is 0 Å². The van der Waals surface area contributed by atoms with Crippen molar-refractivity contribution in [3.8, 4) is 0 Å². The normalized spacial score (nSPS) is 22.8. The third-order valence-electron chi connectivity index (χ3n) is 4.21. The van der Waals surface area contributed by atoms with E-state index in [9.17, 15) is 8.42 Å². The van der Waals surface area contributed by atoms with Crippen LogP contribution in [-0.4, -0.2) is 37.3 Å². The van der Waals surface area contributed by atoms with Gasteiger partial charge >= 0.3 is 0 Å². The average Bonchev–Trinajstić information content (AvgIpc) is 3.01. The Bertz CT molecular complexity index is 720. The zero-order valence-electron chi connectivity index (χ0n) is 12.2. The van der Waals surface area contributed by atoms with E-state index in [0.717, 1.165) is 5.56 Å². The minimum absolute atomic E-state index is 0.133. The summed E-state index contributed by atoms with van der Waals surface area (Å²) in [7, 11) is -3.51. The second kappa shape index (κ2) is 6.16. The predicted octanol–water partition coefficient (Wildman–Crippen LogP) is 1.44. The van der Waals surface area contributed by atoms with Crippen LogP contribution in [0, 0.1) is 5.92 Å². The number of nitrogens with two attached hydrogens (primary N) is 1. The van der Waals surface area contributed by atoms with Crippen LogP contribution in [-0.2, 0) is 10.0 Å². The molecular weight excluding hydrogens is 298 g/mol. The van der Waals surface area contributed by atoms with Crippen LogP contribution in [0.1, 0.15) is 11.5 Å². The van der Waals surface area contributed by atoms with Gasteiger partial charge in [0.05, 0.1) is 0 Å². The van der Waals surface area contributed by atoms with Crippen LogP contribution in [0.2, 0.25) is 0 Å². The van der Waals surface area contributed by atoms with E-state index in [4.69, 9.17) is 5.73 Å². The molecule has 2 heterocycles. The summed E-state index contributed by atoms with van der Waals surface area (Å²) < 4.78 is 27.0. The van der Waals surface area contributed by atoms with Gasteiger partial charge in [0.1, 0.15) is 4.90 Å². The summed E-state index contributed by atoms with van der Waals surface area (Å²) in [5.74, 6) is 0.270. The number of benzene rings is 1. The van der Waals surface area contributed by atoms with Gasteiger partial charge in [-0.2, -0.15) is 4.31 Å². The number of aromatic nitrogens is 1. The lowest BCUT2D eigenvalue weighted by atomic mass is 9.89. The first kappa shape index (κ1) is 15.1. The third kappa shape index (κ3) is 2.77. The quantitative estimate of drug-likeness (QED) is 0.926.